The van der Waals surface area contributed by atoms with Gasteiger partial charge in [0.15, 0.2) is 0 Å². The van der Waals surface area contributed by atoms with Crippen molar-refractivity contribution in [3.8, 4) is 11.3 Å². The van der Waals surface area contributed by atoms with Crippen molar-refractivity contribution in [2.45, 2.75) is 39.2 Å². The second-order valence-electron chi connectivity index (χ2n) is 6.72. The van der Waals surface area contributed by atoms with Crippen molar-refractivity contribution in [2.75, 3.05) is 11.1 Å². The van der Waals surface area contributed by atoms with E-state index >= 15 is 0 Å². The predicted octanol–water partition coefficient (Wildman–Crippen LogP) is 2.95. The molecule has 3 rings (SSSR count). The van der Waals surface area contributed by atoms with Gasteiger partial charge in [0.25, 0.3) is 5.56 Å². The van der Waals surface area contributed by atoms with E-state index in [0.717, 1.165) is 23.8 Å². The van der Waals surface area contributed by atoms with E-state index in [-0.39, 0.29) is 17.0 Å². The molecule has 3 aromatic heterocycles. The second kappa shape index (κ2) is 6.51. The van der Waals surface area contributed by atoms with E-state index in [4.69, 9.17) is 5.73 Å². The Morgan fingerprint density at radius 2 is 2.00 bits per heavy atom. The van der Waals surface area contributed by atoms with Crippen molar-refractivity contribution in [2.24, 2.45) is 0 Å². The summed E-state index contributed by atoms with van der Waals surface area (Å²) in [5, 5.41) is 4.78. The molecule has 0 unspecified atom stereocenters. The maximum atomic E-state index is 12.4. The van der Waals surface area contributed by atoms with Gasteiger partial charge in [-0.1, -0.05) is 13.3 Å². The molecule has 0 aliphatic carbocycles. The van der Waals surface area contributed by atoms with E-state index in [9.17, 15) is 4.79 Å². The molecule has 0 spiro atoms. The van der Waals surface area contributed by atoms with Gasteiger partial charge in [0, 0.05) is 29.7 Å². The van der Waals surface area contributed by atoms with Crippen LogP contribution >= 0.6 is 0 Å². The number of nitrogens with two attached hydrogens (primary N) is 1. The largest absolute Gasteiger partial charge is 0.368 e. The van der Waals surface area contributed by atoms with Crippen LogP contribution in [0.3, 0.4) is 0 Å². The summed E-state index contributed by atoms with van der Waals surface area (Å²) < 4.78 is 0. The van der Waals surface area contributed by atoms with Crippen molar-refractivity contribution < 1.29 is 0 Å². The summed E-state index contributed by atoms with van der Waals surface area (Å²) in [4.78, 5) is 27.8. The van der Waals surface area contributed by atoms with Crippen molar-refractivity contribution in [1.29, 1.82) is 0 Å². The lowest BCUT2D eigenvalue weighted by molar-refractivity contribution is 0.510. The summed E-state index contributed by atoms with van der Waals surface area (Å²) in [6.07, 6.45) is 6.88. The quantitative estimate of drug-likeness (QED) is 0.660. The number of nitrogen functional groups attached to an aromatic ring is 1. The summed E-state index contributed by atoms with van der Waals surface area (Å²) >= 11 is 0. The zero-order valence-corrected chi connectivity index (χ0v) is 14.6. The number of nitrogens with zero attached hydrogens (tertiary/aromatic N) is 3. The number of nitrogens with one attached hydrogen (secondary N) is 2. The zero-order chi connectivity index (χ0) is 18.0. The van der Waals surface area contributed by atoms with E-state index in [1.54, 1.807) is 18.6 Å². The zero-order valence-electron chi connectivity index (χ0n) is 14.6. The number of hydrogen-bond acceptors (Lipinski definition) is 6. The molecule has 0 aliphatic heterocycles. The highest BCUT2D eigenvalue weighted by Gasteiger charge is 2.20. The first-order valence-electron chi connectivity index (χ1n) is 8.28. The van der Waals surface area contributed by atoms with Gasteiger partial charge in [-0.3, -0.25) is 4.79 Å². The van der Waals surface area contributed by atoms with Crippen molar-refractivity contribution in [1.82, 2.24) is 19.9 Å². The third kappa shape index (κ3) is 3.60. The number of anilines is 2. The Kier molecular flexibility index (Phi) is 4.39. The first-order valence-corrected chi connectivity index (χ1v) is 8.28. The summed E-state index contributed by atoms with van der Waals surface area (Å²) in [5.74, 6) is 0.771. The van der Waals surface area contributed by atoms with Crippen molar-refractivity contribution >= 4 is 22.5 Å². The van der Waals surface area contributed by atoms with Crippen LogP contribution in [-0.4, -0.2) is 25.5 Å². The summed E-state index contributed by atoms with van der Waals surface area (Å²) in [7, 11) is 0. The highest BCUT2D eigenvalue weighted by molar-refractivity contribution is 5.93. The number of aromatic nitrogens is 4. The lowest BCUT2D eigenvalue weighted by Gasteiger charge is -2.27. The average molecular weight is 338 g/mol. The standard InChI is InChI=1S/C18H22N6O/c1-4-6-18(2,3)24-15-14-11(5-7-20-16(14)25)8-13(23-15)12-9-21-17(19)22-10-12/h5,7-10H,4,6H2,1-3H3,(H,20,25)(H,23,24)(H2,19,21,22). The minimum absolute atomic E-state index is 0.167. The number of aromatic amines is 1. The van der Waals surface area contributed by atoms with Crippen LogP contribution in [0.1, 0.15) is 33.6 Å². The minimum atomic E-state index is -0.187. The Morgan fingerprint density at radius 1 is 1.28 bits per heavy atom. The number of pyridine rings is 2. The van der Waals surface area contributed by atoms with E-state index in [1.165, 1.54) is 0 Å². The Bertz CT molecular complexity index is 946. The van der Waals surface area contributed by atoms with Crippen molar-refractivity contribution in [3.05, 3.63) is 41.1 Å². The molecule has 0 radical (unpaired) electrons. The van der Waals surface area contributed by atoms with Gasteiger partial charge in [-0.15, -0.1) is 0 Å². The van der Waals surface area contributed by atoms with Crippen LogP contribution in [-0.2, 0) is 0 Å². The van der Waals surface area contributed by atoms with Crippen LogP contribution in [0.25, 0.3) is 22.0 Å². The molecule has 4 N–H and O–H groups in total. The van der Waals surface area contributed by atoms with Crippen LogP contribution in [0.5, 0.6) is 0 Å². The van der Waals surface area contributed by atoms with Gasteiger partial charge >= 0.3 is 0 Å². The topological polar surface area (TPSA) is 110 Å². The molecule has 0 aliphatic rings. The monoisotopic (exact) mass is 338 g/mol. The van der Waals surface area contributed by atoms with Gasteiger partial charge in [-0.2, -0.15) is 0 Å². The molecule has 0 saturated carbocycles. The molecule has 7 nitrogen and oxygen atoms in total. The predicted molar refractivity (Wildman–Crippen MR) is 100 cm³/mol. The minimum Gasteiger partial charge on any atom is -0.368 e. The smallest absolute Gasteiger partial charge is 0.259 e. The number of hydrogen-bond donors (Lipinski definition) is 3. The summed E-state index contributed by atoms with van der Waals surface area (Å²) in [5.41, 5.74) is 6.64. The second-order valence-corrected chi connectivity index (χ2v) is 6.72. The van der Waals surface area contributed by atoms with Crippen LogP contribution < -0.4 is 16.6 Å². The molecule has 25 heavy (non-hydrogen) atoms. The van der Waals surface area contributed by atoms with E-state index in [0.29, 0.717) is 16.9 Å². The lowest BCUT2D eigenvalue weighted by atomic mass is 9.98. The third-order valence-corrected chi connectivity index (χ3v) is 4.05. The SMILES string of the molecule is CCCC(C)(C)Nc1nc(-c2cnc(N)nc2)cc2cc[nH]c(=O)c12. The van der Waals surface area contributed by atoms with Gasteiger partial charge in [0.1, 0.15) is 5.82 Å². The van der Waals surface area contributed by atoms with E-state index < -0.39 is 0 Å². The van der Waals surface area contributed by atoms with Crippen LogP contribution in [0.15, 0.2) is 35.5 Å². The highest BCUT2D eigenvalue weighted by Crippen LogP contribution is 2.28. The molecule has 0 fully saturated rings. The molecule has 0 saturated heterocycles. The van der Waals surface area contributed by atoms with Gasteiger partial charge in [0.05, 0.1) is 11.1 Å². The fourth-order valence-electron chi connectivity index (χ4n) is 2.93. The average Bonchev–Trinajstić information content (AvgIpc) is 2.54. The number of rotatable bonds is 5. The molecule has 0 bridgehead atoms. The van der Waals surface area contributed by atoms with Crippen LogP contribution in [0, 0.1) is 0 Å². The maximum Gasteiger partial charge on any atom is 0.259 e. The fraction of sp³-hybridized carbons (Fsp3) is 0.333. The molecule has 130 valence electrons. The maximum absolute atomic E-state index is 12.4. The molecule has 0 aromatic carbocycles. The van der Waals surface area contributed by atoms with Gasteiger partial charge in [0.2, 0.25) is 5.95 Å². The molecule has 3 aromatic rings. The fourth-order valence-corrected chi connectivity index (χ4v) is 2.93. The summed E-state index contributed by atoms with van der Waals surface area (Å²) in [6, 6.07) is 3.72. The number of fused-ring (bicyclic) bond motifs is 1. The molecule has 0 atom stereocenters. The molecule has 7 heteroatoms. The Hall–Kier alpha value is -2.96. The van der Waals surface area contributed by atoms with Crippen molar-refractivity contribution in [3.63, 3.8) is 0 Å². The van der Waals surface area contributed by atoms with E-state index in [1.807, 2.05) is 12.1 Å². The molecular weight excluding hydrogens is 316 g/mol. The summed E-state index contributed by atoms with van der Waals surface area (Å²) in [6.45, 7) is 6.32. The Balaban J connectivity index is 2.18. The van der Waals surface area contributed by atoms with Crippen LogP contribution in [0.2, 0.25) is 0 Å². The third-order valence-electron chi connectivity index (χ3n) is 4.05. The van der Waals surface area contributed by atoms with Crippen LogP contribution in [0.4, 0.5) is 11.8 Å². The Labute approximate surface area is 145 Å². The molecule has 3 heterocycles. The van der Waals surface area contributed by atoms with E-state index in [2.05, 4.69) is 46.0 Å². The van der Waals surface area contributed by atoms with Gasteiger partial charge in [-0.25, -0.2) is 15.0 Å². The Morgan fingerprint density at radius 3 is 2.68 bits per heavy atom. The normalized spacial score (nSPS) is 11.6. The molecule has 0 amide bonds. The first-order chi connectivity index (χ1) is 11.9. The first kappa shape index (κ1) is 16.9. The van der Waals surface area contributed by atoms with Gasteiger partial charge < -0.3 is 16.0 Å². The van der Waals surface area contributed by atoms with Gasteiger partial charge in [-0.05, 0) is 37.8 Å². The lowest BCUT2D eigenvalue weighted by Crippen LogP contribution is -2.31. The highest BCUT2D eigenvalue weighted by atomic mass is 16.1. The number of H-pyrrole nitrogens is 1. The molecular formula is C18H22N6O.